The number of thioether (sulfide) groups is 2. The molecule has 0 bridgehead atoms. The number of para-hydroxylation sites is 1. The Labute approximate surface area is 279 Å². The summed E-state index contributed by atoms with van der Waals surface area (Å²) in [4.78, 5) is 61.4. The minimum absolute atomic E-state index is 0.0887. The minimum atomic E-state index is -1.29. The van der Waals surface area contributed by atoms with Crippen LogP contribution in [-0.4, -0.2) is 104 Å². The number of carbonyl (C=O) groups is 4. The Kier molecular flexibility index (Phi) is 10.3. The topological polar surface area (TPSA) is 242 Å². The van der Waals surface area contributed by atoms with Crippen LogP contribution in [0.5, 0.6) is 5.75 Å². The number of rotatable bonds is 12. The number of oxime groups is 1. The summed E-state index contributed by atoms with van der Waals surface area (Å²) < 4.78 is 10.7. The first-order valence-electron chi connectivity index (χ1n) is 13.9. The summed E-state index contributed by atoms with van der Waals surface area (Å²) in [6.07, 6.45) is -0.577. The predicted molar refractivity (Wildman–Crippen MR) is 170 cm³/mol. The van der Waals surface area contributed by atoms with Crippen molar-refractivity contribution in [2.24, 2.45) is 5.16 Å². The fourth-order valence-electron chi connectivity index (χ4n) is 4.27. The third-order valence-electron chi connectivity index (χ3n) is 6.26. The number of hydrogen-bond donors (Lipinski definition) is 4. The Bertz CT molecular complexity index is 1720. The summed E-state index contributed by atoms with van der Waals surface area (Å²) in [6.45, 7) is 5.70. The van der Waals surface area contributed by atoms with Gasteiger partial charge in [0.05, 0.1) is 6.54 Å². The van der Waals surface area contributed by atoms with Crippen molar-refractivity contribution in [3.63, 3.8) is 0 Å². The van der Waals surface area contributed by atoms with Crippen LogP contribution < -0.4 is 21.2 Å². The fourth-order valence-corrected chi connectivity index (χ4v) is 7.09. The Balaban J connectivity index is 1.23. The lowest BCUT2D eigenvalue weighted by Crippen LogP contribution is -2.71. The van der Waals surface area contributed by atoms with E-state index in [1.54, 1.807) is 51.1 Å². The zero-order valence-electron chi connectivity index (χ0n) is 25.1. The summed E-state index contributed by atoms with van der Waals surface area (Å²) >= 11 is 3.34. The van der Waals surface area contributed by atoms with Gasteiger partial charge in [-0.05, 0) is 48.9 Å². The molecule has 2 aromatic heterocycles. The zero-order chi connectivity index (χ0) is 33.7. The van der Waals surface area contributed by atoms with E-state index in [2.05, 4.69) is 40.7 Å². The van der Waals surface area contributed by atoms with Gasteiger partial charge in [-0.2, -0.15) is 9.36 Å². The molecular weight excluding hydrogens is 675 g/mol. The lowest BCUT2D eigenvalue weighted by Gasteiger charge is -2.49. The molecule has 3 aromatic rings. The number of nitrogens with two attached hydrogens (primary N) is 1. The third-order valence-corrected chi connectivity index (χ3v) is 9.18. The van der Waals surface area contributed by atoms with Crippen molar-refractivity contribution in [3.05, 3.63) is 47.4 Å². The number of nitrogen functional groups attached to an aromatic ring is 1. The van der Waals surface area contributed by atoms with E-state index in [9.17, 15) is 24.3 Å². The van der Waals surface area contributed by atoms with Gasteiger partial charge < -0.3 is 31.0 Å². The molecule has 47 heavy (non-hydrogen) atoms. The first-order chi connectivity index (χ1) is 22.4. The highest BCUT2D eigenvalue weighted by Crippen LogP contribution is 2.41. The standard InChI is InChI=1S/C26H29N11O7S3/c1-26(2,3)43-25(42)28-9-10-36-24(31-34-35-36)46-12-13-11-45-21-16(20(39)37(21)17(13)22(40)41)29-19(38)15(18-30-23(27)47-33-18)32-44-14-7-5-4-6-8-14/h4-8,16,21H,9-12H2,1-3H3,(H,28,42)(H,29,38)(H,40,41)(H2,27,30,33)/t16?,21-/m0/s1. The number of carboxylic acids is 1. The molecule has 248 valence electrons. The van der Waals surface area contributed by atoms with Crippen molar-refractivity contribution in [3.8, 4) is 5.75 Å². The number of tetrazole rings is 1. The van der Waals surface area contributed by atoms with E-state index in [-0.39, 0.29) is 47.0 Å². The number of amides is 3. The van der Waals surface area contributed by atoms with Crippen LogP contribution in [0, 0.1) is 0 Å². The van der Waals surface area contributed by atoms with Gasteiger partial charge in [0, 0.05) is 29.6 Å². The summed E-state index contributed by atoms with van der Waals surface area (Å²) in [6, 6.07) is 7.45. The van der Waals surface area contributed by atoms with Crippen molar-refractivity contribution in [1.82, 2.24) is 45.1 Å². The van der Waals surface area contributed by atoms with Gasteiger partial charge in [-0.3, -0.25) is 14.5 Å². The number of hydrogen-bond acceptors (Lipinski definition) is 16. The first-order valence-corrected chi connectivity index (χ1v) is 16.7. The van der Waals surface area contributed by atoms with E-state index in [1.807, 2.05) is 0 Å². The van der Waals surface area contributed by atoms with Crippen molar-refractivity contribution in [2.45, 2.75) is 49.5 Å². The van der Waals surface area contributed by atoms with Crippen LogP contribution in [0.1, 0.15) is 26.6 Å². The number of nitrogens with zero attached hydrogens (tertiary/aromatic N) is 8. The number of nitrogens with one attached hydrogen (secondary N) is 2. The Hall–Kier alpha value is -4.76. The van der Waals surface area contributed by atoms with Crippen LogP contribution >= 0.6 is 35.1 Å². The molecule has 18 nitrogen and oxygen atoms in total. The van der Waals surface area contributed by atoms with Crippen molar-refractivity contribution < 1.29 is 33.9 Å². The van der Waals surface area contributed by atoms with Crippen molar-refractivity contribution in [1.29, 1.82) is 0 Å². The third kappa shape index (κ3) is 8.16. The maximum absolute atomic E-state index is 13.3. The molecule has 21 heteroatoms. The number of β-lactam (4-membered cyclic amide) rings is 1. The monoisotopic (exact) mass is 703 g/mol. The summed E-state index contributed by atoms with van der Waals surface area (Å²) in [5.74, 6) is -2.00. The average molecular weight is 704 g/mol. The number of carbonyl (C=O) groups excluding carboxylic acids is 3. The summed E-state index contributed by atoms with van der Waals surface area (Å²) in [5, 5.41) is 30.6. The molecule has 2 aliphatic rings. The fraction of sp³-hybridized carbons (Fsp3) is 0.385. The molecule has 2 aliphatic heterocycles. The van der Waals surface area contributed by atoms with Gasteiger partial charge in [0.2, 0.25) is 16.7 Å². The lowest BCUT2D eigenvalue weighted by atomic mass is 10.0. The maximum atomic E-state index is 13.3. The lowest BCUT2D eigenvalue weighted by molar-refractivity contribution is -0.150. The highest BCUT2D eigenvalue weighted by molar-refractivity contribution is 8.01. The largest absolute Gasteiger partial charge is 0.477 e. The van der Waals surface area contributed by atoms with Crippen LogP contribution in [0.2, 0.25) is 0 Å². The minimum Gasteiger partial charge on any atom is -0.477 e. The number of alkyl carbamates (subject to hydrolysis) is 1. The number of fused-ring (bicyclic) bond motifs is 1. The maximum Gasteiger partial charge on any atom is 0.407 e. The molecule has 0 saturated carbocycles. The molecule has 5 rings (SSSR count). The molecule has 0 aliphatic carbocycles. The molecular formula is C26H29N11O7S3. The SMILES string of the molecule is CC(C)(C)OC(=O)NCCn1nnnc1SCC1=C(C(=O)O)N2C(=O)C(NC(=O)C(=NOc3ccccc3)c3nsc(N)n3)[C@@H]2SC1. The highest BCUT2D eigenvalue weighted by atomic mass is 32.2. The first kappa shape index (κ1) is 33.6. The van der Waals surface area contributed by atoms with Gasteiger partial charge in [0.25, 0.3) is 11.8 Å². The van der Waals surface area contributed by atoms with Gasteiger partial charge in [-0.1, -0.05) is 35.1 Å². The predicted octanol–water partition coefficient (Wildman–Crippen LogP) is 0.946. The van der Waals surface area contributed by atoms with Crippen LogP contribution in [0.25, 0.3) is 0 Å². The van der Waals surface area contributed by atoms with Gasteiger partial charge >= 0.3 is 12.1 Å². The number of ether oxygens (including phenoxy) is 1. The van der Waals surface area contributed by atoms with E-state index in [4.69, 9.17) is 15.3 Å². The molecule has 0 radical (unpaired) electrons. The molecule has 1 fully saturated rings. The number of anilines is 1. The molecule has 1 saturated heterocycles. The van der Waals surface area contributed by atoms with Gasteiger partial charge in [0.1, 0.15) is 22.7 Å². The normalized spacial score (nSPS) is 17.9. The van der Waals surface area contributed by atoms with E-state index < -0.39 is 40.9 Å². The quantitative estimate of drug-likeness (QED) is 0.0888. The van der Waals surface area contributed by atoms with E-state index in [0.717, 1.165) is 16.4 Å². The molecule has 1 aromatic carbocycles. The smallest absolute Gasteiger partial charge is 0.407 e. The summed E-state index contributed by atoms with van der Waals surface area (Å²) in [7, 11) is 0. The number of carboxylic acid groups (broad SMARTS) is 1. The van der Waals surface area contributed by atoms with Crippen LogP contribution in [0.15, 0.2) is 51.9 Å². The van der Waals surface area contributed by atoms with Crippen LogP contribution in [0.3, 0.4) is 0 Å². The zero-order valence-corrected chi connectivity index (χ0v) is 27.6. The van der Waals surface area contributed by atoms with Gasteiger partial charge in [-0.15, -0.1) is 16.9 Å². The van der Waals surface area contributed by atoms with Crippen molar-refractivity contribution in [2.75, 3.05) is 23.8 Å². The van der Waals surface area contributed by atoms with E-state index in [0.29, 0.717) is 16.5 Å². The average Bonchev–Trinajstić information content (AvgIpc) is 3.66. The number of aliphatic carboxylic acids is 1. The summed E-state index contributed by atoms with van der Waals surface area (Å²) in [5.41, 5.74) is 5.06. The Morgan fingerprint density at radius 1 is 1.23 bits per heavy atom. The Morgan fingerprint density at radius 2 is 2.00 bits per heavy atom. The molecule has 0 spiro atoms. The van der Waals surface area contributed by atoms with Crippen LogP contribution in [0.4, 0.5) is 9.93 Å². The molecule has 2 atom stereocenters. The second kappa shape index (κ2) is 14.3. The number of aromatic nitrogens is 6. The van der Waals surface area contributed by atoms with E-state index in [1.165, 1.54) is 28.2 Å². The van der Waals surface area contributed by atoms with Crippen LogP contribution in [-0.2, 0) is 25.7 Å². The molecule has 5 N–H and O–H groups in total. The highest BCUT2D eigenvalue weighted by Gasteiger charge is 2.54. The second-order valence-electron chi connectivity index (χ2n) is 10.8. The molecule has 3 amide bonds. The second-order valence-corrected chi connectivity index (χ2v) is 13.7. The van der Waals surface area contributed by atoms with Gasteiger partial charge in [-0.25, -0.2) is 14.3 Å². The Morgan fingerprint density at radius 3 is 2.68 bits per heavy atom. The van der Waals surface area contributed by atoms with Crippen molar-refractivity contribution >= 4 is 69.8 Å². The van der Waals surface area contributed by atoms with Gasteiger partial charge in [0.15, 0.2) is 10.9 Å². The molecule has 1 unspecified atom stereocenters. The number of benzene rings is 1. The molecule has 4 heterocycles. The van der Waals surface area contributed by atoms with E-state index >= 15 is 0 Å².